The molecule has 0 radical (unpaired) electrons. The molecule has 0 heterocycles. The lowest BCUT2D eigenvalue weighted by atomic mass is 10.1. The number of ether oxygens (including phenoxy) is 1. The van der Waals surface area contributed by atoms with Crippen molar-refractivity contribution >= 4 is 39.1 Å². The van der Waals surface area contributed by atoms with E-state index >= 15 is 0 Å². The van der Waals surface area contributed by atoms with E-state index in [2.05, 4.69) is 5.32 Å². The van der Waals surface area contributed by atoms with Crippen LogP contribution in [-0.4, -0.2) is 57.6 Å². The van der Waals surface area contributed by atoms with Gasteiger partial charge in [-0.1, -0.05) is 35.9 Å². The molecule has 0 aliphatic rings. The molecule has 0 saturated carbocycles. The summed E-state index contributed by atoms with van der Waals surface area (Å²) < 4.78 is 31.4. The number of rotatable bonds is 10. The lowest BCUT2D eigenvalue weighted by molar-refractivity contribution is -0.139. The third-order valence-corrected chi connectivity index (χ3v) is 6.15. The standard InChI is InChI=1S/C22H28ClN3O5S/c1-5-24-22(28)16(2)25(14-17-9-8-10-18(23)13-17)21(27)15-26(32(4,29)30)19-11-6-7-12-20(19)31-3/h6-13,16H,5,14-15H2,1-4H3,(H,24,28). The lowest BCUT2D eigenvalue weighted by Crippen LogP contribution is -2.51. The summed E-state index contributed by atoms with van der Waals surface area (Å²) in [5.41, 5.74) is 0.949. The Labute approximate surface area is 194 Å². The first kappa shape index (κ1) is 25.5. The summed E-state index contributed by atoms with van der Waals surface area (Å²) in [7, 11) is -2.41. The van der Waals surface area contributed by atoms with E-state index in [-0.39, 0.29) is 18.1 Å². The number of carbonyl (C=O) groups is 2. The van der Waals surface area contributed by atoms with Crippen molar-refractivity contribution in [3.05, 3.63) is 59.1 Å². The molecule has 2 rings (SSSR count). The van der Waals surface area contributed by atoms with Gasteiger partial charge in [-0.05, 0) is 43.7 Å². The Morgan fingerprint density at radius 1 is 1.16 bits per heavy atom. The Morgan fingerprint density at radius 3 is 2.44 bits per heavy atom. The number of benzene rings is 2. The highest BCUT2D eigenvalue weighted by molar-refractivity contribution is 7.92. The summed E-state index contributed by atoms with van der Waals surface area (Å²) in [4.78, 5) is 27.2. The van der Waals surface area contributed by atoms with Crippen LogP contribution in [-0.2, 0) is 26.2 Å². The molecule has 0 saturated heterocycles. The van der Waals surface area contributed by atoms with Crippen LogP contribution in [0.5, 0.6) is 5.75 Å². The fourth-order valence-corrected chi connectivity index (χ4v) is 4.23. The first-order valence-electron chi connectivity index (χ1n) is 10.0. The zero-order valence-electron chi connectivity index (χ0n) is 18.5. The van der Waals surface area contributed by atoms with Gasteiger partial charge in [-0.2, -0.15) is 0 Å². The monoisotopic (exact) mass is 481 g/mol. The molecule has 0 spiro atoms. The third kappa shape index (κ3) is 6.61. The van der Waals surface area contributed by atoms with E-state index in [1.165, 1.54) is 12.0 Å². The van der Waals surface area contributed by atoms with E-state index in [0.717, 1.165) is 10.6 Å². The Hall–Kier alpha value is -2.78. The molecule has 2 aromatic carbocycles. The number of halogens is 1. The van der Waals surface area contributed by atoms with Crippen LogP contribution in [0.2, 0.25) is 5.02 Å². The minimum Gasteiger partial charge on any atom is -0.495 e. The third-order valence-electron chi connectivity index (χ3n) is 4.79. The fraction of sp³-hybridized carbons (Fsp3) is 0.364. The number of methoxy groups -OCH3 is 1. The number of sulfonamides is 1. The maximum absolute atomic E-state index is 13.4. The molecule has 2 amide bonds. The molecule has 2 aromatic rings. The molecule has 1 unspecified atom stereocenters. The van der Waals surface area contributed by atoms with Gasteiger partial charge in [0, 0.05) is 18.1 Å². The van der Waals surface area contributed by atoms with Crippen molar-refractivity contribution in [2.75, 3.05) is 30.8 Å². The van der Waals surface area contributed by atoms with Crippen molar-refractivity contribution in [1.29, 1.82) is 0 Å². The summed E-state index contributed by atoms with van der Waals surface area (Å²) in [5.74, 6) is -0.574. The number of hydrogen-bond acceptors (Lipinski definition) is 5. The maximum Gasteiger partial charge on any atom is 0.244 e. The normalized spacial score (nSPS) is 12.0. The molecular weight excluding hydrogens is 454 g/mol. The summed E-state index contributed by atoms with van der Waals surface area (Å²) in [6, 6.07) is 12.6. The van der Waals surface area contributed by atoms with Gasteiger partial charge < -0.3 is 15.0 Å². The fourth-order valence-electron chi connectivity index (χ4n) is 3.17. The van der Waals surface area contributed by atoms with E-state index in [9.17, 15) is 18.0 Å². The Kier molecular flexibility index (Phi) is 8.91. The molecule has 0 aliphatic carbocycles. The highest BCUT2D eigenvalue weighted by Gasteiger charge is 2.30. The molecule has 1 N–H and O–H groups in total. The summed E-state index contributed by atoms with van der Waals surface area (Å²) in [6.45, 7) is 3.37. The highest BCUT2D eigenvalue weighted by atomic mass is 35.5. The average molecular weight is 482 g/mol. The average Bonchev–Trinajstić information content (AvgIpc) is 2.74. The molecule has 1 atom stereocenters. The molecular formula is C22H28ClN3O5S. The lowest BCUT2D eigenvalue weighted by Gasteiger charge is -2.31. The smallest absolute Gasteiger partial charge is 0.244 e. The molecule has 0 fully saturated rings. The van der Waals surface area contributed by atoms with Crippen LogP contribution in [0.1, 0.15) is 19.4 Å². The van der Waals surface area contributed by atoms with E-state index < -0.39 is 28.5 Å². The maximum atomic E-state index is 13.4. The van der Waals surface area contributed by atoms with Crippen molar-refractivity contribution in [1.82, 2.24) is 10.2 Å². The second-order valence-electron chi connectivity index (χ2n) is 7.16. The molecule has 10 heteroatoms. The number of nitrogens with zero attached hydrogens (tertiary/aromatic N) is 2. The van der Waals surface area contributed by atoms with Crippen LogP contribution in [0.25, 0.3) is 0 Å². The van der Waals surface area contributed by atoms with Crippen LogP contribution >= 0.6 is 11.6 Å². The summed E-state index contributed by atoms with van der Waals surface area (Å²) in [6.07, 6.45) is 1.02. The number of para-hydroxylation sites is 2. The van der Waals surface area contributed by atoms with Gasteiger partial charge in [0.25, 0.3) is 0 Å². The van der Waals surface area contributed by atoms with E-state index in [1.54, 1.807) is 62.4 Å². The first-order valence-corrected chi connectivity index (χ1v) is 12.2. The quantitative estimate of drug-likeness (QED) is 0.562. The van der Waals surface area contributed by atoms with Gasteiger partial charge in [-0.15, -0.1) is 0 Å². The highest BCUT2D eigenvalue weighted by Crippen LogP contribution is 2.29. The Morgan fingerprint density at radius 2 is 1.84 bits per heavy atom. The first-order chi connectivity index (χ1) is 15.1. The predicted molar refractivity (Wildman–Crippen MR) is 125 cm³/mol. The molecule has 0 aliphatic heterocycles. The van der Waals surface area contributed by atoms with Gasteiger partial charge in [0.05, 0.1) is 19.1 Å². The van der Waals surface area contributed by atoms with Gasteiger partial charge in [0.15, 0.2) is 0 Å². The second kappa shape index (κ2) is 11.2. The van der Waals surface area contributed by atoms with Gasteiger partial charge in [-0.25, -0.2) is 8.42 Å². The van der Waals surface area contributed by atoms with Gasteiger partial charge in [-0.3, -0.25) is 13.9 Å². The van der Waals surface area contributed by atoms with E-state index in [1.807, 2.05) is 0 Å². The Bertz CT molecular complexity index is 1060. The zero-order valence-corrected chi connectivity index (χ0v) is 20.1. The molecule has 0 bridgehead atoms. The minimum absolute atomic E-state index is 0.0845. The number of likely N-dealkylation sites (N-methyl/N-ethyl adjacent to an activating group) is 1. The van der Waals surface area contributed by atoms with Crippen molar-refractivity contribution in [2.24, 2.45) is 0 Å². The number of hydrogen-bond donors (Lipinski definition) is 1. The van der Waals surface area contributed by atoms with Crippen molar-refractivity contribution in [2.45, 2.75) is 26.4 Å². The van der Waals surface area contributed by atoms with Crippen LogP contribution in [0.3, 0.4) is 0 Å². The summed E-state index contributed by atoms with van der Waals surface area (Å²) >= 11 is 6.07. The number of amides is 2. The molecule has 0 aromatic heterocycles. The summed E-state index contributed by atoms with van der Waals surface area (Å²) in [5, 5.41) is 3.19. The number of anilines is 1. The van der Waals surface area contributed by atoms with Crippen molar-refractivity contribution in [3.63, 3.8) is 0 Å². The topological polar surface area (TPSA) is 96.0 Å². The van der Waals surface area contributed by atoms with Crippen LogP contribution in [0.15, 0.2) is 48.5 Å². The van der Waals surface area contributed by atoms with Crippen molar-refractivity contribution in [3.8, 4) is 5.75 Å². The minimum atomic E-state index is -3.83. The van der Waals surface area contributed by atoms with Gasteiger partial charge in [0.1, 0.15) is 18.3 Å². The van der Waals surface area contributed by atoms with E-state index in [4.69, 9.17) is 16.3 Å². The SMILES string of the molecule is CCNC(=O)C(C)N(Cc1cccc(Cl)c1)C(=O)CN(c1ccccc1OC)S(C)(=O)=O. The molecule has 32 heavy (non-hydrogen) atoms. The molecule has 174 valence electrons. The number of nitrogens with one attached hydrogen (secondary N) is 1. The van der Waals surface area contributed by atoms with Crippen LogP contribution in [0, 0.1) is 0 Å². The zero-order chi connectivity index (χ0) is 23.9. The van der Waals surface area contributed by atoms with Gasteiger partial charge >= 0.3 is 0 Å². The second-order valence-corrected chi connectivity index (χ2v) is 9.51. The van der Waals surface area contributed by atoms with E-state index in [0.29, 0.717) is 22.9 Å². The van der Waals surface area contributed by atoms with Crippen molar-refractivity contribution < 1.29 is 22.7 Å². The Balaban J connectivity index is 2.42. The van der Waals surface area contributed by atoms with Crippen LogP contribution < -0.4 is 14.4 Å². The van der Waals surface area contributed by atoms with Crippen LogP contribution in [0.4, 0.5) is 5.69 Å². The van der Waals surface area contributed by atoms with Gasteiger partial charge in [0.2, 0.25) is 21.8 Å². The predicted octanol–water partition coefficient (Wildman–Crippen LogP) is 2.67. The molecule has 8 nitrogen and oxygen atoms in total. The largest absolute Gasteiger partial charge is 0.495 e. The number of carbonyl (C=O) groups excluding carboxylic acids is 2.